The van der Waals surface area contributed by atoms with Gasteiger partial charge in [-0.1, -0.05) is 0 Å². The topological polar surface area (TPSA) is 35.5 Å². The molecule has 3 aliphatic heterocycles. The largest absolute Gasteiger partial charge is 0.465 e. The fourth-order valence-electron chi connectivity index (χ4n) is 3.26. The predicted molar refractivity (Wildman–Crippen MR) is 45.1 cm³/mol. The molecule has 0 unspecified atom stereocenters. The first-order valence-corrected chi connectivity index (χ1v) is 4.93. The molecule has 72 valence electrons. The Morgan fingerprint density at radius 3 is 2.92 bits per heavy atom. The first-order valence-electron chi connectivity index (χ1n) is 4.93. The summed E-state index contributed by atoms with van der Waals surface area (Å²) in [5.74, 6) is 0.251. The van der Waals surface area contributed by atoms with Crippen LogP contribution in [0.3, 0.4) is 0 Å². The summed E-state index contributed by atoms with van der Waals surface area (Å²) in [6, 6.07) is 0. The van der Waals surface area contributed by atoms with E-state index in [2.05, 4.69) is 6.92 Å². The monoisotopic (exact) mass is 182 g/mol. The van der Waals surface area contributed by atoms with Crippen LogP contribution in [0.15, 0.2) is 0 Å². The van der Waals surface area contributed by atoms with Gasteiger partial charge < -0.3 is 9.47 Å². The number of hydrogen-bond donors (Lipinski definition) is 0. The van der Waals surface area contributed by atoms with E-state index in [9.17, 15) is 4.79 Å². The Morgan fingerprint density at radius 1 is 1.46 bits per heavy atom. The molecule has 0 aromatic rings. The molecular formula is C10H14O3. The molecule has 3 saturated heterocycles. The Morgan fingerprint density at radius 2 is 2.23 bits per heavy atom. The molecule has 0 N–H and O–H groups in total. The molecule has 3 nitrogen and oxygen atoms in total. The van der Waals surface area contributed by atoms with Gasteiger partial charge in [0, 0.05) is 5.92 Å². The Balaban J connectivity index is 2.13. The van der Waals surface area contributed by atoms with Gasteiger partial charge in [0.2, 0.25) is 0 Å². The fraction of sp³-hybridized carbons (Fsp3) is 0.900. The Bertz CT molecular complexity index is 288. The molecule has 0 aromatic heterocycles. The molecular weight excluding hydrogens is 168 g/mol. The van der Waals surface area contributed by atoms with E-state index in [0.717, 1.165) is 12.8 Å². The molecule has 13 heavy (non-hydrogen) atoms. The average Bonchev–Trinajstić information content (AvgIpc) is 2.64. The number of carbonyl (C=O) groups excluding carboxylic acids is 1. The standard InChI is InChI=1S/C10H14O3/c1-9-4-3-7(13-9)6-5-12-8(11)10(6,9)2/h6-7H,3-5H2,1-2H3/t6-,7-,9+,10+/m0/s1. The van der Waals surface area contributed by atoms with Crippen LogP contribution < -0.4 is 0 Å². The molecule has 0 amide bonds. The van der Waals surface area contributed by atoms with Crippen molar-refractivity contribution in [2.45, 2.75) is 38.4 Å². The first-order chi connectivity index (χ1) is 6.08. The number of hydrogen-bond acceptors (Lipinski definition) is 3. The summed E-state index contributed by atoms with van der Waals surface area (Å²) >= 11 is 0. The minimum absolute atomic E-state index is 0.0535. The van der Waals surface area contributed by atoms with Crippen LogP contribution in [0.5, 0.6) is 0 Å². The highest BCUT2D eigenvalue weighted by Gasteiger charge is 2.71. The van der Waals surface area contributed by atoms with Crippen molar-refractivity contribution in [3.05, 3.63) is 0 Å². The third kappa shape index (κ3) is 0.622. The van der Waals surface area contributed by atoms with Crippen molar-refractivity contribution in [2.75, 3.05) is 6.61 Å². The van der Waals surface area contributed by atoms with Crippen molar-refractivity contribution >= 4 is 5.97 Å². The number of carbonyl (C=O) groups is 1. The molecule has 0 radical (unpaired) electrons. The minimum atomic E-state index is -0.365. The Hall–Kier alpha value is -0.570. The maximum absolute atomic E-state index is 11.7. The zero-order valence-electron chi connectivity index (χ0n) is 8.00. The lowest BCUT2D eigenvalue weighted by atomic mass is 9.63. The predicted octanol–water partition coefficient (Wildman–Crippen LogP) is 1.12. The molecule has 2 bridgehead atoms. The Labute approximate surface area is 77.4 Å². The lowest BCUT2D eigenvalue weighted by Crippen LogP contribution is -2.47. The SMILES string of the molecule is C[C@]12CC[C@H](O1)[C@@H]1COC(=O)[C@@]12C. The summed E-state index contributed by atoms with van der Waals surface area (Å²) in [6.07, 6.45) is 2.36. The second-order valence-corrected chi connectivity index (χ2v) is 4.83. The highest BCUT2D eigenvalue weighted by atomic mass is 16.6. The number of rotatable bonds is 0. The van der Waals surface area contributed by atoms with E-state index in [4.69, 9.17) is 9.47 Å². The summed E-state index contributed by atoms with van der Waals surface area (Å²) in [7, 11) is 0. The van der Waals surface area contributed by atoms with E-state index >= 15 is 0 Å². The second-order valence-electron chi connectivity index (χ2n) is 4.83. The number of esters is 1. The minimum Gasteiger partial charge on any atom is -0.465 e. The normalized spacial score (nSPS) is 58.2. The number of cyclic esters (lactones) is 1. The van der Waals surface area contributed by atoms with Gasteiger partial charge in [-0.05, 0) is 26.7 Å². The molecule has 0 spiro atoms. The van der Waals surface area contributed by atoms with Crippen molar-refractivity contribution in [2.24, 2.45) is 11.3 Å². The van der Waals surface area contributed by atoms with Gasteiger partial charge in [-0.15, -0.1) is 0 Å². The molecule has 0 aliphatic carbocycles. The van der Waals surface area contributed by atoms with Gasteiger partial charge in [-0.3, -0.25) is 4.79 Å². The van der Waals surface area contributed by atoms with Gasteiger partial charge in [0.1, 0.15) is 5.41 Å². The maximum Gasteiger partial charge on any atom is 0.315 e. The maximum atomic E-state index is 11.7. The molecule has 3 rings (SSSR count). The van der Waals surface area contributed by atoms with E-state index < -0.39 is 0 Å². The van der Waals surface area contributed by atoms with Crippen LogP contribution >= 0.6 is 0 Å². The van der Waals surface area contributed by atoms with Gasteiger partial charge in [0.15, 0.2) is 0 Å². The Kier molecular flexibility index (Phi) is 1.15. The highest BCUT2D eigenvalue weighted by Crippen LogP contribution is 2.61. The summed E-state index contributed by atoms with van der Waals surface area (Å²) in [6.45, 7) is 4.63. The molecule has 0 aromatic carbocycles. The summed E-state index contributed by atoms with van der Waals surface area (Å²) in [5.41, 5.74) is -0.619. The van der Waals surface area contributed by atoms with Crippen LogP contribution in [0.2, 0.25) is 0 Å². The van der Waals surface area contributed by atoms with Gasteiger partial charge in [0.25, 0.3) is 0 Å². The van der Waals surface area contributed by atoms with Gasteiger partial charge in [-0.25, -0.2) is 0 Å². The van der Waals surface area contributed by atoms with Crippen LogP contribution in [0.1, 0.15) is 26.7 Å². The van der Waals surface area contributed by atoms with Crippen LogP contribution in [-0.4, -0.2) is 24.3 Å². The van der Waals surface area contributed by atoms with E-state index in [-0.39, 0.29) is 23.1 Å². The highest BCUT2D eigenvalue weighted by molar-refractivity contribution is 5.81. The number of ether oxygens (including phenoxy) is 2. The quantitative estimate of drug-likeness (QED) is 0.526. The van der Waals surface area contributed by atoms with Gasteiger partial charge >= 0.3 is 5.97 Å². The lowest BCUT2D eigenvalue weighted by molar-refractivity contribution is -0.155. The third-order valence-electron chi connectivity index (χ3n) is 4.42. The number of fused-ring (bicyclic) bond motifs is 5. The second kappa shape index (κ2) is 1.92. The van der Waals surface area contributed by atoms with Crippen LogP contribution in [0.4, 0.5) is 0 Å². The summed E-state index contributed by atoms with van der Waals surface area (Å²) in [4.78, 5) is 11.7. The average molecular weight is 182 g/mol. The third-order valence-corrected chi connectivity index (χ3v) is 4.42. The van der Waals surface area contributed by atoms with Gasteiger partial charge in [-0.2, -0.15) is 0 Å². The fourth-order valence-corrected chi connectivity index (χ4v) is 3.26. The molecule has 3 fully saturated rings. The van der Waals surface area contributed by atoms with Crippen LogP contribution in [0, 0.1) is 11.3 Å². The van der Waals surface area contributed by atoms with Crippen molar-refractivity contribution in [1.82, 2.24) is 0 Å². The molecule has 4 atom stereocenters. The van der Waals surface area contributed by atoms with E-state index in [1.165, 1.54) is 0 Å². The summed E-state index contributed by atoms with van der Waals surface area (Å²) < 4.78 is 11.0. The summed E-state index contributed by atoms with van der Waals surface area (Å²) in [5, 5.41) is 0. The van der Waals surface area contributed by atoms with Crippen molar-refractivity contribution in [3.8, 4) is 0 Å². The molecule has 3 heteroatoms. The molecule has 3 heterocycles. The zero-order chi connectivity index (χ0) is 9.27. The van der Waals surface area contributed by atoms with Crippen molar-refractivity contribution < 1.29 is 14.3 Å². The van der Waals surface area contributed by atoms with E-state index in [0.29, 0.717) is 12.5 Å². The van der Waals surface area contributed by atoms with Crippen LogP contribution in [-0.2, 0) is 14.3 Å². The first kappa shape index (κ1) is 7.80. The van der Waals surface area contributed by atoms with Crippen LogP contribution in [0.25, 0.3) is 0 Å². The molecule has 3 aliphatic rings. The van der Waals surface area contributed by atoms with Crippen molar-refractivity contribution in [3.63, 3.8) is 0 Å². The zero-order valence-corrected chi connectivity index (χ0v) is 8.00. The van der Waals surface area contributed by atoms with E-state index in [1.807, 2.05) is 6.92 Å². The lowest BCUT2D eigenvalue weighted by Gasteiger charge is -2.35. The smallest absolute Gasteiger partial charge is 0.315 e. The van der Waals surface area contributed by atoms with E-state index in [1.54, 1.807) is 0 Å². The van der Waals surface area contributed by atoms with Gasteiger partial charge in [0.05, 0.1) is 18.3 Å². The molecule has 0 saturated carbocycles. The van der Waals surface area contributed by atoms with Crippen molar-refractivity contribution in [1.29, 1.82) is 0 Å².